The van der Waals surface area contributed by atoms with Crippen LogP contribution in [-0.4, -0.2) is 52.3 Å². The molecular weight excluding hydrogens is 336 g/mol. The molecule has 1 atom stereocenters. The van der Waals surface area contributed by atoms with Crippen molar-refractivity contribution in [1.82, 2.24) is 20.1 Å². The van der Waals surface area contributed by atoms with Gasteiger partial charge in [-0.25, -0.2) is 4.79 Å². The molecule has 1 aromatic heterocycles. The molecule has 0 bridgehead atoms. The van der Waals surface area contributed by atoms with Crippen molar-refractivity contribution in [3.8, 4) is 12.1 Å². The van der Waals surface area contributed by atoms with E-state index in [1.807, 2.05) is 12.1 Å². The van der Waals surface area contributed by atoms with Gasteiger partial charge in [-0.05, 0) is 19.1 Å². The van der Waals surface area contributed by atoms with Gasteiger partial charge in [0.25, 0.3) is 5.91 Å². The molecule has 9 heteroatoms. The number of pyridine rings is 1. The van der Waals surface area contributed by atoms with Crippen molar-refractivity contribution >= 4 is 17.8 Å². The molecule has 0 aromatic carbocycles. The highest BCUT2D eigenvalue weighted by Crippen LogP contribution is 2.27. The summed E-state index contributed by atoms with van der Waals surface area (Å²) in [4.78, 5) is 43.7. The molecule has 26 heavy (non-hydrogen) atoms. The number of urea groups is 1. The molecule has 1 aliphatic rings. The molecule has 2 rings (SSSR count). The van der Waals surface area contributed by atoms with Crippen LogP contribution in [0.15, 0.2) is 24.4 Å². The van der Waals surface area contributed by atoms with Crippen LogP contribution < -0.4 is 5.32 Å². The Morgan fingerprint density at radius 2 is 1.92 bits per heavy atom. The lowest BCUT2D eigenvalue weighted by Gasteiger charge is -2.24. The summed E-state index contributed by atoms with van der Waals surface area (Å²) in [5.41, 5.74) is -0.970. The van der Waals surface area contributed by atoms with Gasteiger partial charge in [0, 0.05) is 19.3 Å². The van der Waals surface area contributed by atoms with Gasteiger partial charge in [-0.2, -0.15) is 10.5 Å². The van der Waals surface area contributed by atoms with Gasteiger partial charge >= 0.3 is 6.03 Å². The first-order valence-corrected chi connectivity index (χ1v) is 8.01. The number of nitriles is 2. The third-order valence-corrected chi connectivity index (χ3v) is 4.09. The highest BCUT2D eigenvalue weighted by Gasteiger charge is 2.50. The summed E-state index contributed by atoms with van der Waals surface area (Å²) in [6, 6.07) is 8.19. The Morgan fingerprint density at radius 1 is 1.27 bits per heavy atom. The van der Waals surface area contributed by atoms with Gasteiger partial charge in [-0.15, -0.1) is 0 Å². The van der Waals surface area contributed by atoms with Gasteiger partial charge in [0.15, 0.2) is 5.54 Å². The average molecular weight is 354 g/mol. The van der Waals surface area contributed by atoms with Crippen LogP contribution in [0, 0.1) is 22.7 Å². The fraction of sp³-hybridized carbons (Fsp3) is 0.412. The number of rotatable bonds is 7. The first-order valence-electron chi connectivity index (χ1n) is 8.01. The van der Waals surface area contributed by atoms with E-state index in [1.54, 1.807) is 18.2 Å². The van der Waals surface area contributed by atoms with Crippen LogP contribution in [0.4, 0.5) is 4.79 Å². The molecule has 1 aliphatic heterocycles. The van der Waals surface area contributed by atoms with E-state index in [-0.39, 0.29) is 25.9 Å². The van der Waals surface area contributed by atoms with E-state index in [9.17, 15) is 14.4 Å². The molecule has 0 saturated carbocycles. The third-order valence-electron chi connectivity index (χ3n) is 4.09. The summed E-state index contributed by atoms with van der Waals surface area (Å²) in [6.45, 7) is 1.35. The minimum Gasteiger partial charge on any atom is -0.339 e. The van der Waals surface area contributed by atoms with Crippen LogP contribution in [0.2, 0.25) is 0 Å². The summed E-state index contributed by atoms with van der Waals surface area (Å²) in [6.07, 6.45) is 1.71. The Hall–Kier alpha value is -3.46. The first kappa shape index (κ1) is 18.9. The van der Waals surface area contributed by atoms with Crippen molar-refractivity contribution in [2.45, 2.75) is 25.3 Å². The molecule has 1 N–H and O–H groups in total. The van der Waals surface area contributed by atoms with Gasteiger partial charge in [-0.1, -0.05) is 6.07 Å². The predicted octanol–water partition coefficient (Wildman–Crippen LogP) is 0.505. The lowest BCUT2D eigenvalue weighted by molar-refractivity contribution is -0.138. The molecule has 1 aromatic rings. The number of carbonyl (C=O) groups is 3. The monoisotopic (exact) mass is 354 g/mol. The van der Waals surface area contributed by atoms with E-state index in [0.717, 1.165) is 4.90 Å². The molecular formula is C17H18N6O3. The number of nitrogens with zero attached hydrogens (tertiary/aromatic N) is 5. The minimum atomic E-state index is -1.34. The maximum Gasteiger partial charge on any atom is 0.325 e. The van der Waals surface area contributed by atoms with Crippen LogP contribution in [0.1, 0.15) is 25.5 Å². The van der Waals surface area contributed by atoms with Crippen molar-refractivity contribution in [2.24, 2.45) is 0 Å². The van der Waals surface area contributed by atoms with Crippen molar-refractivity contribution in [3.05, 3.63) is 30.1 Å². The fourth-order valence-electron chi connectivity index (χ4n) is 2.64. The van der Waals surface area contributed by atoms with Crippen LogP contribution in [0.25, 0.3) is 0 Å². The Labute approximate surface area is 150 Å². The Balaban J connectivity index is 2.14. The van der Waals surface area contributed by atoms with E-state index in [2.05, 4.69) is 10.3 Å². The number of hydrogen-bond donors (Lipinski definition) is 1. The molecule has 1 saturated heterocycles. The topological polar surface area (TPSA) is 130 Å². The van der Waals surface area contributed by atoms with Crippen LogP contribution in [0.5, 0.6) is 0 Å². The Bertz CT molecular complexity index is 764. The molecule has 0 spiro atoms. The van der Waals surface area contributed by atoms with Gasteiger partial charge in [-0.3, -0.25) is 19.5 Å². The lowest BCUT2D eigenvalue weighted by Crippen LogP contribution is -2.45. The van der Waals surface area contributed by atoms with Gasteiger partial charge in [0.1, 0.15) is 6.54 Å². The Morgan fingerprint density at radius 3 is 2.46 bits per heavy atom. The van der Waals surface area contributed by atoms with E-state index in [1.165, 1.54) is 18.0 Å². The van der Waals surface area contributed by atoms with Gasteiger partial charge in [0.2, 0.25) is 5.91 Å². The van der Waals surface area contributed by atoms with Gasteiger partial charge < -0.3 is 10.2 Å². The highest BCUT2D eigenvalue weighted by atomic mass is 16.2. The number of amides is 4. The minimum absolute atomic E-state index is 0.100. The second-order valence-electron chi connectivity index (χ2n) is 5.86. The SMILES string of the molecule is CC1(c2ccccn2)NC(=O)N(CC(=O)N(CCC#N)CCC#N)C1=O. The average Bonchev–Trinajstić information content (AvgIpc) is 2.86. The van der Waals surface area contributed by atoms with Crippen LogP contribution >= 0.6 is 0 Å². The summed E-state index contributed by atoms with van der Waals surface area (Å²) >= 11 is 0. The van der Waals surface area contributed by atoms with Crippen LogP contribution in [0.3, 0.4) is 0 Å². The summed E-state index contributed by atoms with van der Waals surface area (Å²) < 4.78 is 0. The number of aromatic nitrogens is 1. The zero-order valence-electron chi connectivity index (χ0n) is 14.3. The number of nitrogens with one attached hydrogen (secondary N) is 1. The van der Waals surface area contributed by atoms with E-state index in [4.69, 9.17) is 10.5 Å². The third kappa shape index (κ3) is 3.78. The molecule has 4 amide bonds. The highest BCUT2D eigenvalue weighted by molar-refractivity contribution is 6.08. The summed E-state index contributed by atoms with van der Waals surface area (Å²) in [7, 11) is 0. The molecule has 134 valence electrons. The summed E-state index contributed by atoms with van der Waals surface area (Å²) in [5.74, 6) is -1.07. The van der Waals surface area contributed by atoms with E-state index < -0.39 is 29.9 Å². The second-order valence-corrected chi connectivity index (χ2v) is 5.86. The van der Waals surface area contributed by atoms with Crippen molar-refractivity contribution < 1.29 is 14.4 Å². The molecule has 9 nitrogen and oxygen atoms in total. The van der Waals surface area contributed by atoms with E-state index >= 15 is 0 Å². The number of carbonyl (C=O) groups excluding carboxylic acids is 3. The van der Waals surface area contributed by atoms with Crippen molar-refractivity contribution in [2.75, 3.05) is 19.6 Å². The molecule has 1 unspecified atom stereocenters. The molecule has 2 heterocycles. The van der Waals surface area contributed by atoms with E-state index in [0.29, 0.717) is 5.69 Å². The summed E-state index contributed by atoms with van der Waals surface area (Å²) in [5, 5.41) is 20.0. The number of hydrogen-bond acceptors (Lipinski definition) is 6. The molecule has 1 fully saturated rings. The first-order chi connectivity index (χ1) is 12.4. The quantitative estimate of drug-likeness (QED) is 0.710. The van der Waals surface area contributed by atoms with Crippen molar-refractivity contribution in [1.29, 1.82) is 10.5 Å². The maximum absolute atomic E-state index is 12.8. The molecule has 0 radical (unpaired) electrons. The normalized spacial score (nSPS) is 18.8. The lowest BCUT2D eigenvalue weighted by atomic mass is 9.97. The zero-order chi connectivity index (χ0) is 19.2. The zero-order valence-corrected chi connectivity index (χ0v) is 14.3. The fourth-order valence-corrected chi connectivity index (χ4v) is 2.64. The standard InChI is InChI=1S/C17H18N6O3/c1-17(13-6-2-3-9-20-13)15(25)23(16(26)21-17)12-14(24)22(10-4-7-18)11-5-8-19/h2-3,6,9H,4-5,10-12H2,1H3,(H,21,26). The smallest absolute Gasteiger partial charge is 0.325 e. The van der Waals surface area contributed by atoms with Gasteiger partial charge in [0.05, 0.1) is 30.7 Å². The number of imide groups is 1. The van der Waals surface area contributed by atoms with Crippen molar-refractivity contribution in [3.63, 3.8) is 0 Å². The Kier molecular flexibility index (Phi) is 5.86. The predicted molar refractivity (Wildman–Crippen MR) is 88.9 cm³/mol. The second kappa shape index (κ2) is 8.08. The largest absolute Gasteiger partial charge is 0.339 e. The van der Waals surface area contributed by atoms with Crippen LogP contribution in [-0.2, 0) is 15.1 Å². The molecule has 0 aliphatic carbocycles. The maximum atomic E-state index is 12.8.